The SMILES string of the molecule is Clc1cc2c(c(CN[C@H]3COC[C@H]3Oc3cn[nH]c3)c1)OCC2. The number of aromatic nitrogens is 2. The summed E-state index contributed by atoms with van der Waals surface area (Å²) in [4.78, 5) is 0. The fraction of sp³-hybridized carbons (Fsp3) is 0.438. The molecule has 0 radical (unpaired) electrons. The maximum absolute atomic E-state index is 6.20. The van der Waals surface area contributed by atoms with Crippen LogP contribution >= 0.6 is 11.6 Å². The summed E-state index contributed by atoms with van der Waals surface area (Å²) in [5, 5.41) is 10.9. The number of hydrogen-bond donors (Lipinski definition) is 2. The van der Waals surface area contributed by atoms with Crippen LogP contribution in [0, 0.1) is 0 Å². The first-order valence-electron chi connectivity index (χ1n) is 7.70. The number of ether oxygens (including phenoxy) is 3. The maximum Gasteiger partial charge on any atom is 0.157 e. The molecule has 1 aromatic heterocycles. The number of H-pyrrole nitrogens is 1. The monoisotopic (exact) mass is 335 g/mol. The van der Waals surface area contributed by atoms with Crippen molar-refractivity contribution in [3.05, 3.63) is 40.7 Å². The van der Waals surface area contributed by atoms with Crippen molar-refractivity contribution in [3.63, 3.8) is 0 Å². The zero-order valence-electron chi connectivity index (χ0n) is 12.5. The molecule has 2 aliphatic rings. The van der Waals surface area contributed by atoms with E-state index in [4.69, 9.17) is 25.8 Å². The first-order valence-corrected chi connectivity index (χ1v) is 8.08. The Hall–Kier alpha value is -1.76. The van der Waals surface area contributed by atoms with Crippen molar-refractivity contribution in [2.45, 2.75) is 25.1 Å². The van der Waals surface area contributed by atoms with Gasteiger partial charge in [-0.1, -0.05) is 11.6 Å². The molecule has 0 amide bonds. The molecule has 0 unspecified atom stereocenters. The second-order valence-electron chi connectivity index (χ2n) is 5.77. The molecule has 2 aliphatic heterocycles. The highest BCUT2D eigenvalue weighted by Gasteiger charge is 2.30. The van der Waals surface area contributed by atoms with E-state index in [1.807, 2.05) is 12.1 Å². The van der Waals surface area contributed by atoms with Gasteiger partial charge < -0.3 is 19.5 Å². The minimum absolute atomic E-state index is 0.0410. The van der Waals surface area contributed by atoms with Crippen LogP contribution in [0.3, 0.4) is 0 Å². The summed E-state index contributed by atoms with van der Waals surface area (Å²) in [5.74, 6) is 1.69. The lowest BCUT2D eigenvalue weighted by atomic mass is 10.1. The normalized spacial score (nSPS) is 22.8. The number of aromatic amines is 1. The molecular weight excluding hydrogens is 318 g/mol. The molecular formula is C16H18ClN3O3. The average Bonchev–Trinajstić information content (AvgIpc) is 3.26. The lowest BCUT2D eigenvalue weighted by Crippen LogP contribution is -2.41. The zero-order chi connectivity index (χ0) is 15.6. The Kier molecular flexibility index (Phi) is 4.11. The van der Waals surface area contributed by atoms with E-state index < -0.39 is 0 Å². The van der Waals surface area contributed by atoms with Gasteiger partial charge in [-0.15, -0.1) is 0 Å². The van der Waals surface area contributed by atoms with Gasteiger partial charge in [0.05, 0.1) is 38.3 Å². The average molecular weight is 336 g/mol. The van der Waals surface area contributed by atoms with Gasteiger partial charge in [-0.3, -0.25) is 5.10 Å². The predicted octanol–water partition coefficient (Wildman–Crippen LogP) is 1.93. The van der Waals surface area contributed by atoms with Gasteiger partial charge in [0.15, 0.2) is 5.75 Å². The van der Waals surface area contributed by atoms with Gasteiger partial charge >= 0.3 is 0 Å². The number of nitrogens with one attached hydrogen (secondary N) is 2. The molecule has 2 aromatic rings. The smallest absolute Gasteiger partial charge is 0.157 e. The minimum atomic E-state index is -0.0410. The fourth-order valence-electron chi connectivity index (χ4n) is 3.04. The molecule has 6 nitrogen and oxygen atoms in total. The number of hydrogen-bond acceptors (Lipinski definition) is 5. The van der Waals surface area contributed by atoms with Gasteiger partial charge in [-0.25, -0.2) is 0 Å². The van der Waals surface area contributed by atoms with Gasteiger partial charge in [0.1, 0.15) is 11.9 Å². The van der Waals surface area contributed by atoms with E-state index >= 15 is 0 Å². The molecule has 0 spiro atoms. The van der Waals surface area contributed by atoms with Crippen LogP contribution in [0.15, 0.2) is 24.5 Å². The molecule has 0 saturated carbocycles. The lowest BCUT2D eigenvalue weighted by molar-refractivity contribution is 0.139. The zero-order valence-corrected chi connectivity index (χ0v) is 13.3. The van der Waals surface area contributed by atoms with Crippen molar-refractivity contribution < 1.29 is 14.2 Å². The van der Waals surface area contributed by atoms with Crippen LogP contribution in [0.25, 0.3) is 0 Å². The summed E-state index contributed by atoms with van der Waals surface area (Å²) < 4.78 is 17.2. The molecule has 0 aliphatic carbocycles. The fourth-order valence-corrected chi connectivity index (χ4v) is 3.30. The standard InChI is InChI=1S/C16H18ClN3O3/c17-12-3-10-1-2-22-16(10)11(4-12)5-18-14-8-21-9-15(14)23-13-6-19-20-7-13/h3-4,6-7,14-15,18H,1-2,5,8-9H2,(H,19,20)/t14-,15+/m0/s1. The van der Waals surface area contributed by atoms with Crippen LogP contribution in [0.4, 0.5) is 0 Å². The Bertz CT molecular complexity index is 677. The van der Waals surface area contributed by atoms with Crippen LogP contribution in [0.2, 0.25) is 5.02 Å². The number of benzene rings is 1. The van der Waals surface area contributed by atoms with Crippen LogP contribution < -0.4 is 14.8 Å². The number of halogens is 1. The summed E-state index contributed by atoms with van der Waals surface area (Å²) in [6.45, 7) is 2.57. The molecule has 2 atom stereocenters. The van der Waals surface area contributed by atoms with Gasteiger partial charge in [-0.05, 0) is 17.7 Å². The summed E-state index contributed by atoms with van der Waals surface area (Å²) in [6, 6.07) is 4.05. The number of rotatable bonds is 5. The van der Waals surface area contributed by atoms with Crippen molar-refractivity contribution >= 4 is 11.6 Å². The van der Waals surface area contributed by atoms with Crippen molar-refractivity contribution in [1.29, 1.82) is 0 Å². The van der Waals surface area contributed by atoms with Gasteiger partial charge in [0.25, 0.3) is 0 Å². The first kappa shape index (κ1) is 14.8. The van der Waals surface area contributed by atoms with E-state index in [0.717, 1.165) is 35.1 Å². The molecule has 1 saturated heterocycles. The molecule has 7 heteroatoms. The summed E-state index contributed by atoms with van der Waals surface area (Å²) in [5.41, 5.74) is 2.27. The minimum Gasteiger partial charge on any atom is -0.493 e. The Morgan fingerprint density at radius 3 is 3.22 bits per heavy atom. The van der Waals surface area contributed by atoms with E-state index in [1.54, 1.807) is 12.4 Å². The Labute approximate surface area is 139 Å². The molecule has 23 heavy (non-hydrogen) atoms. The Morgan fingerprint density at radius 1 is 1.39 bits per heavy atom. The predicted molar refractivity (Wildman–Crippen MR) is 85.1 cm³/mol. The molecule has 122 valence electrons. The largest absolute Gasteiger partial charge is 0.493 e. The first-order chi connectivity index (χ1) is 11.3. The Balaban J connectivity index is 1.42. The summed E-state index contributed by atoms with van der Waals surface area (Å²) >= 11 is 6.20. The highest BCUT2D eigenvalue weighted by Crippen LogP contribution is 2.33. The van der Waals surface area contributed by atoms with Crippen molar-refractivity contribution in [1.82, 2.24) is 15.5 Å². The summed E-state index contributed by atoms with van der Waals surface area (Å²) in [6.07, 6.45) is 4.27. The van der Waals surface area contributed by atoms with Gasteiger partial charge in [-0.2, -0.15) is 5.10 Å². The van der Waals surface area contributed by atoms with Crippen LogP contribution in [-0.4, -0.2) is 42.2 Å². The van der Waals surface area contributed by atoms with Gasteiger partial charge in [0.2, 0.25) is 0 Å². The molecule has 2 N–H and O–H groups in total. The highest BCUT2D eigenvalue weighted by molar-refractivity contribution is 6.30. The van der Waals surface area contributed by atoms with E-state index in [2.05, 4.69) is 15.5 Å². The highest BCUT2D eigenvalue weighted by atomic mass is 35.5. The van der Waals surface area contributed by atoms with Crippen LogP contribution in [0.1, 0.15) is 11.1 Å². The molecule has 1 fully saturated rings. The third-order valence-corrected chi connectivity index (χ3v) is 4.39. The lowest BCUT2D eigenvalue weighted by Gasteiger charge is -2.20. The summed E-state index contributed by atoms with van der Waals surface area (Å²) in [7, 11) is 0. The van der Waals surface area contributed by atoms with Crippen molar-refractivity contribution in [3.8, 4) is 11.5 Å². The quantitative estimate of drug-likeness (QED) is 0.874. The molecule has 1 aromatic carbocycles. The van der Waals surface area contributed by atoms with Crippen LogP contribution in [-0.2, 0) is 17.7 Å². The maximum atomic E-state index is 6.20. The third-order valence-electron chi connectivity index (χ3n) is 4.17. The molecule has 3 heterocycles. The Morgan fingerprint density at radius 2 is 2.35 bits per heavy atom. The molecule has 0 bridgehead atoms. The second kappa shape index (κ2) is 6.39. The van der Waals surface area contributed by atoms with E-state index in [-0.39, 0.29) is 12.1 Å². The van der Waals surface area contributed by atoms with E-state index in [0.29, 0.717) is 19.8 Å². The third kappa shape index (κ3) is 3.15. The van der Waals surface area contributed by atoms with Crippen molar-refractivity contribution in [2.75, 3.05) is 19.8 Å². The van der Waals surface area contributed by atoms with Gasteiger partial charge in [0, 0.05) is 23.6 Å². The second-order valence-corrected chi connectivity index (χ2v) is 6.20. The number of fused-ring (bicyclic) bond motifs is 1. The molecule has 4 rings (SSSR count). The van der Waals surface area contributed by atoms with Crippen molar-refractivity contribution in [2.24, 2.45) is 0 Å². The van der Waals surface area contributed by atoms with E-state index in [1.165, 1.54) is 5.56 Å². The number of nitrogens with zero attached hydrogens (tertiary/aromatic N) is 1. The van der Waals surface area contributed by atoms with E-state index in [9.17, 15) is 0 Å². The topological polar surface area (TPSA) is 68.4 Å². The van der Waals surface area contributed by atoms with Crippen LogP contribution in [0.5, 0.6) is 11.5 Å².